The lowest BCUT2D eigenvalue weighted by Crippen LogP contribution is -2.30. The topological polar surface area (TPSA) is 75.7 Å². The molecule has 0 unspecified atom stereocenters. The van der Waals surface area contributed by atoms with E-state index in [2.05, 4.69) is 5.32 Å². The molecule has 28 heavy (non-hydrogen) atoms. The van der Waals surface area contributed by atoms with Crippen molar-refractivity contribution in [2.45, 2.75) is 31.6 Å². The van der Waals surface area contributed by atoms with Crippen LogP contribution < -0.4 is 10.1 Å². The van der Waals surface area contributed by atoms with Gasteiger partial charge in [-0.3, -0.25) is 4.79 Å². The fourth-order valence-corrected chi connectivity index (χ4v) is 4.18. The molecule has 0 saturated carbocycles. The van der Waals surface area contributed by atoms with E-state index in [1.54, 1.807) is 50.2 Å². The predicted octanol–water partition coefficient (Wildman–Crippen LogP) is 4.17. The average molecular weight is 425 g/mol. The summed E-state index contributed by atoms with van der Waals surface area (Å²) in [7, 11) is -3.50. The van der Waals surface area contributed by atoms with Gasteiger partial charge in [-0.15, -0.1) is 0 Å². The smallest absolute Gasteiger partial charge is 0.243 e. The summed E-state index contributed by atoms with van der Waals surface area (Å²) in [6.07, 6.45) is 0.857. The van der Waals surface area contributed by atoms with Crippen LogP contribution in [0.3, 0.4) is 0 Å². The summed E-state index contributed by atoms with van der Waals surface area (Å²) >= 11 is 5.81. The number of carbonyl (C=O) groups excluding carboxylic acids is 1. The molecule has 0 heterocycles. The van der Waals surface area contributed by atoms with E-state index in [9.17, 15) is 13.2 Å². The first-order chi connectivity index (χ1) is 13.4. The van der Waals surface area contributed by atoms with E-state index in [0.717, 1.165) is 0 Å². The molecule has 0 spiro atoms. The molecule has 6 nitrogen and oxygen atoms in total. The highest BCUT2D eigenvalue weighted by Crippen LogP contribution is 2.19. The van der Waals surface area contributed by atoms with Gasteiger partial charge in [0.2, 0.25) is 15.9 Å². The summed E-state index contributed by atoms with van der Waals surface area (Å²) in [4.78, 5) is 12.3. The molecule has 1 N–H and O–H groups in total. The summed E-state index contributed by atoms with van der Waals surface area (Å²) in [5.74, 6) is 0.550. The number of carbonyl (C=O) groups is 1. The van der Waals surface area contributed by atoms with Crippen molar-refractivity contribution in [3.8, 4) is 5.75 Å². The number of nitrogens with one attached hydrogen (secondary N) is 1. The summed E-state index contributed by atoms with van der Waals surface area (Å²) in [5, 5.41) is 3.40. The molecule has 0 atom stereocenters. The summed E-state index contributed by atoms with van der Waals surface area (Å²) in [5.41, 5.74) is 0.558. The highest BCUT2D eigenvalue weighted by molar-refractivity contribution is 7.89. The maximum atomic E-state index is 12.5. The minimum absolute atomic E-state index is 0.154. The second-order valence-electron chi connectivity index (χ2n) is 6.07. The van der Waals surface area contributed by atoms with Gasteiger partial charge in [-0.05, 0) is 55.0 Å². The molecule has 0 aliphatic heterocycles. The van der Waals surface area contributed by atoms with Gasteiger partial charge in [0, 0.05) is 30.2 Å². The first kappa shape index (κ1) is 22.2. The van der Waals surface area contributed by atoms with Crippen molar-refractivity contribution in [1.82, 2.24) is 4.31 Å². The third-order valence-electron chi connectivity index (χ3n) is 4.11. The maximum Gasteiger partial charge on any atom is 0.243 e. The highest BCUT2D eigenvalue weighted by atomic mass is 35.5. The Morgan fingerprint density at radius 3 is 2.21 bits per heavy atom. The van der Waals surface area contributed by atoms with E-state index in [-0.39, 0.29) is 10.8 Å². The normalized spacial score (nSPS) is 11.4. The van der Waals surface area contributed by atoms with Gasteiger partial charge in [-0.2, -0.15) is 4.31 Å². The minimum atomic E-state index is -3.50. The molecule has 2 aromatic rings. The number of nitrogens with zero attached hydrogens (tertiary/aromatic N) is 1. The Morgan fingerprint density at radius 2 is 1.64 bits per heavy atom. The Hall–Kier alpha value is -2.09. The van der Waals surface area contributed by atoms with Crippen molar-refractivity contribution < 1.29 is 17.9 Å². The second-order valence-corrected chi connectivity index (χ2v) is 8.44. The van der Waals surface area contributed by atoms with Crippen LogP contribution in [0, 0.1) is 0 Å². The Kier molecular flexibility index (Phi) is 8.29. The van der Waals surface area contributed by atoms with Crippen molar-refractivity contribution in [3.05, 3.63) is 53.6 Å². The van der Waals surface area contributed by atoms with Crippen LogP contribution in [0.15, 0.2) is 53.4 Å². The van der Waals surface area contributed by atoms with Crippen molar-refractivity contribution >= 4 is 33.2 Å². The molecule has 8 heteroatoms. The number of sulfonamides is 1. The molecule has 0 saturated heterocycles. The van der Waals surface area contributed by atoms with Crippen molar-refractivity contribution in [2.75, 3.05) is 25.0 Å². The van der Waals surface area contributed by atoms with Crippen LogP contribution in [0.5, 0.6) is 5.75 Å². The molecule has 0 bridgehead atoms. The van der Waals surface area contributed by atoms with Gasteiger partial charge in [-0.1, -0.05) is 25.4 Å². The third-order valence-corrected chi connectivity index (χ3v) is 6.43. The molecule has 0 aliphatic carbocycles. The van der Waals surface area contributed by atoms with Crippen molar-refractivity contribution in [1.29, 1.82) is 0 Å². The maximum absolute atomic E-state index is 12.5. The number of amides is 1. The molecule has 2 rings (SSSR count). The number of rotatable bonds is 10. The number of hydrogen-bond donors (Lipinski definition) is 1. The fraction of sp³-hybridized carbons (Fsp3) is 0.350. The zero-order valence-corrected chi connectivity index (χ0v) is 17.6. The largest absolute Gasteiger partial charge is 0.494 e. The number of ether oxygens (including phenoxy) is 1. The van der Waals surface area contributed by atoms with E-state index in [1.165, 1.54) is 16.4 Å². The van der Waals surface area contributed by atoms with Crippen LogP contribution in [0.25, 0.3) is 0 Å². The summed E-state index contributed by atoms with van der Waals surface area (Å²) < 4.78 is 31.8. The highest BCUT2D eigenvalue weighted by Gasteiger charge is 2.21. The van der Waals surface area contributed by atoms with Gasteiger partial charge < -0.3 is 10.1 Å². The first-order valence-corrected chi connectivity index (χ1v) is 11.0. The van der Waals surface area contributed by atoms with Gasteiger partial charge in [0.25, 0.3) is 0 Å². The standard InChI is InChI=1S/C20H25ClN2O4S/c1-3-23(4-2)28(25,26)19-13-9-17(10-14-19)22-20(24)6-5-15-27-18-11-7-16(21)8-12-18/h7-14H,3-6,15H2,1-2H3,(H,22,24). The number of hydrogen-bond acceptors (Lipinski definition) is 4. The zero-order chi connectivity index (χ0) is 20.6. The van der Waals surface area contributed by atoms with Gasteiger partial charge in [0.05, 0.1) is 11.5 Å². The van der Waals surface area contributed by atoms with Crippen LogP contribution in [-0.4, -0.2) is 38.3 Å². The van der Waals surface area contributed by atoms with Crippen LogP contribution in [-0.2, 0) is 14.8 Å². The molecule has 152 valence electrons. The van der Waals surface area contributed by atoms with Gasteiger partial charge >= 0.3 is 0 Å². The van der Waals surface area contributed by atoms with Crippen molar-refractivity contribution in [2.24, 2.45) is 0 Å². The Bertz CT molecular complexity index is 864. The molecular formula is C20H25ClN2O4S. The SMILES string of the molecule is CCN(CC)S(=O)(=O)c1ccc(NC(=O)CCCOc2ccc(Cl)cc2)cc1. The lowest BCUT2D eigenvalue weighted by Gasteiger charge is -2.18. The minimum Gasteiger partial charge on any atom is -0.494 e. The Morgan fingerprint density at radius 1 is 1.04 bits per heavy atom. The molecule has 0 aromatic heterocycles. The molecule has 0 aliphatic rings. The molecule has 1 amide bonds. The monoisotopic (exact) mass is 424 g/mol. The number of halogens is 1. The predicted molar refractivity (Wildman–Crippen MR) is 111 cm³/mol. The summed E-state index contributed by atoms with van der Waals surface area (Å²) in [6.45, 7) is 4.83. The van der Waals surface area contributed by atoms with Gasteiger partial charge in [-0.25, -0.2) is 8.42 Å². The third kappa shape index (κ3) is 6.22. The molecular weight excluding hydrogens is 400 g/mol. The van der Waals surface area contributed by atoms with E-state index in [0.29, 0.717) is 49.0 Å². The Labute approximate surface area is 171 Å². The van der Waals surface area contributed by atoms with Crippen LogP contribution >= 0.6 is 11.6 Å². The molecule has 2 aromatic carbocycles. The van der Waals surface area contributed by atoms with E-state index in [1.807, 2.05) is 0 Å². The van der Waals surface area contributed by atoms with E-state index < -0.39 is 10.0 Å². The molecule has 0 radical (unpaired) electrons. The molecule has 0 fully saturated rings. The van der Waals surface area contributed by atoms with E-state index in [4.69, 9.17) is 16.3 Å². The van der Waals surface area contributed by atoms with Crippen LogP contribution in [0.1, 0.15) is 26.7 Å². The van der Waals surface area contributed by atoms with Crippen LogP contribution in [0.2, 0.25) is 5.02 Å². The Balaban J connectivity index is 1.81. The fourth-order valence-electron chi connectivity index (χ4n) is 2.60. The van der Waals surface area contributed by atoms with Gasteiger partial charge in [0.1, 0.15) is 5.75 Å². The van der Waals surface area contributed by atoms with E-state index >= 15 is 0 Å². The number of anilines is 1. The van der Waals surface area contributed by atoms with Gasteiger partial charge in [0.15, 0.2) is 0 Å². The zero-order valence-electron chi connectivity index (χ0n) is 16.0. The quantitative estimate of drug-likeness (QED) is 0.581. The first-order valence-electron chi connectivity index (χ1n) is 9.15. The average Bonchev–Trinajstić information content (AvgIpc) is 2.68. The summed E-state index contributed by atoms with van der Waals surface area (Å²) in [6, 6.07) is 13.2. The second kappa shape index (κ2) is 10.5. The van der Waals surface area contributed by atoms with Crippen LogP contribution in [0.4, 0.5) is 5.69 Å². The lowest BCUT2D eigenvalue weighted by atomic mass is 10.2. The number of benzene rings is 2. The lowest BCUT2D eigenvalue weighted by molar-refractivity contribution is -0.116. The van der Waals surface area contributed by atoms with Crippen molar-refractivity contribution in [3.63, 3.8) is 0 Å².